The molecule has 4 heteroatoms. The summed E-state index contributed by atoms with van der Waals surface area (Å²) in [4.78, 5) is 12.5. The van der Waals surface area contributed by atoms with Crippen LogP contribution in [0.1, 0.15) is 65.2 Å². The van der Waals surface area contributed by atoms with Crippen molar-refractivity contribution in [1.29, 1.82) is 0 Å². The van der Waals surface area contributed by atoms with Gasteiger partial charge < -0.3 is 14.2 Å². The van der Waals surface area contributed by atoms with Crippen LogP contribution < -0.4 is 0 Å². The zero-order valence-electron chi connectivity index (χ0n) is 14.3. The lowest BCUT2D eigenvalue weighted by Crippen LogP contribution is -2.55. The highest BCUT2D eigenvalue weighted by Crippen LogP contribution is 2.59. The Balaban J connectivity index is 1.16. The molecule has 2 saturated heterocycles. The first-order valence-corrected chi connectivity index (χ1v) is 9.48. The Hall–Kier alpha value is -0.610. The predicted octanol–water partition coefficient (Wildman–Crippen LogP) is 3.22. The molecule has 0 aromatic carbocycles. The van der Waals surface area contributed by atoms with E-state index in [4.69, 9.17) is 14.2 Å². The van der Waals surface area contributed by atoms with E-state index in [0.717, 1.165) is 38.0 Å². The summed E-state index contributed by atoms with van der Waals surface area (Å²) in [5.74, 6) is 0.837. The van der Waals surface area contributed by atoms with E-state index in [9.17, 15) is 4.79 Å². The van der Waals surface area contributed by atoms with E-state index in [0.29, 0.717) is 29.8 Å². The van der Waals surface area contributed by atoms with Gasteiger partial charge in [0.1, 0.15) is 5.60 Å². The Bertz CT molecular complexity index is 523. The van der Waals surface area contributed by atoms with Crippen LogP contribution in [0.5, 0.6) is 0 Å². The molecule has 4 nitrogen and oxygen atoms in total. The van der Waals surface area contributed by atoms with Gasteiger partial charge in [0.25, 0.3) is 0 Å². The molecule has 128 valence electrons. The zero-order chi connectivity index (χ0) is 15.8. The third kappa shape index (κ3) is 2.53. The van der Waals surface area contributed by atoms with Crippen molar-refractivity contribution in [2.24, 2.45) is 17.3 Å². The molecule has 5 fully saturated rings. The molecule has 6 unspecified atom stereocenters. The molecule has 2 heterocycles. The molecular weight excluding hydrogens is 292 g/mol. The van der Waals surface area contributed by atoms with Gasteiger partial charge in [0, 0.05) is 0 Å². The van der Waals surface area contributed by atoms with E-state index in [2.05, 4.69) is 13.8 Å². The lowest BCUT2D eigenvalue weighted by atomic mass is 9.53. The average molecular weight is 320 g/mol. The van der Waals surface area contributed by atoms with E-state index in [1.165, 1.54) is 19.3 Å². The first-order valence-electron chi connectivity index (χ1n) is 9.48. The number of hydrogen-bond donors (Lipinski definition) is 0. The minimum absolute atomic E-state index is 0.0257. The van der Waals surface area contributed by atoms with Gasteiger partial charge in [-0.15, -0.1) is 0 Å². The predicted molar refractivity (Wildman–Crippen MR) is 83.8 cm³/mol. The fourth-order valence-corrected chi connectivity index (χ4v) is 6.00. The number of carbonyl (C=O) groups excluding carboxylic acids is 1. The lowest BCUT2D eigenvalue weighted by Gasteiger charge is -2.56. The Morgan fingerprint density at radius 1 is 0.913 bits per heavy atom. The monoisotopic (exact) mass is 320 g/mol. The van der Waals surface area contributed by atoms with Crippen molar-refractivity contribution in [2.45, 2.75) is 95.2 Å². The summed E-state index contributed by atoms with van der Waals surface area (Å²) < 4.78 is 17.2. The minimum Gasteiger partial charge on any atom is -0.459 e. The van der Waals surface area contributed by atoms with Crippen LogP contribution in [0.2, 0.25) is 0 Å². The number of fused-ring (bicyclic) bond motifs is 2. The van der Waals surface area contributed by atoms with Crippen molar-refractivity contribution in [3.8, 4) is 0 Å². The second-order valence-corrected chi connectivity index (χ2v) is 9.32. The molecule has 5 aliphatic rings. The molecule has 3 aliphatic carbocycles. The Labute approximate surface area is 138 Å². The molecule has 0 bridgehead atoms. The van der Waals surface area contributed by atoms with Gasteiger partial charge in [-0.25, -0.2) is 0 Å². The first-order chi connectivity index (χ1) is 10.9. The van der Waals surface area contributed by atoms with Crippen molar-refractivity contribution in [3.05, 3.63) is 0 Å². The molecule has 6 atom stereocenters. The Morgan fingerprint density at radius 3 is 2.22 bits per heavy atom. The largest absolute Gasteiger partial charge is 0.459 e. The first kappa shape index (κ1) is 14.7. The molecule has 23 heavy (non-hydrogen) atoms. The molecule has 2 aliphatic heterocycles. The van der Waals surface area contributed by atoms with E-state index in [1.54, 1.807) is 0 Å². The quantitative estimate of drug-likeness (QED) is 0.592. The third-order valence-electron chi connectivity index (χ3n) is 7.23. The van der Waals surface area contributed by atoms with Crippen LogP contribution >= 0.6 is 0 Å². The summed E-state index contributed by atoms with van der Waals surface area (Å²) in [6, 6.07) is 0. The van der Waals surface area contributed by atoms with Gasteiger partial charge in [-0.3, -0.25) is 4.79 Å². The van der Waals surface area contributed by atoms with Crippen molar-refractivity contribution in [2.75, 3.05) is 0 Å². The number of carbonyl (C=O) groups is 1. The number of rotatable bonds is 3. The zero-order valence-corrected chi connectivity index (χ0v) is 14.3. The molecule has 0 aromatic rings. The topological polar surface area (TPSA) is 51.4 Å². The van der Waals surface area contributed by atoms with Gasteiger partial charge >= 0.3 is 5.97 Å². The number of esters is 1. The van der Waals surface area contributed by atoms with Crippen LogP contribution in [0.3, 0.4) is 0 Å². The van der Waals surface area contributed by atoms with Gasteiger partial charge in [-0.1, -0.05) is 6.92 Å². The summed E-state index contributed by atoms with van der Waals surface area (Å²) in [6.45, 7) is 4.52. The van der Waals surface area contributed by atoms with Crippen LogP contribution in [0.15, 0.2) is 0 Å². The van der Waals surface area contributed by atoms with E-state index in [-0.39, 0.29) is 17.5 Å². The third-order valence-corrected chi connectivity index (χ3v) is 7.23. The van der Waals surface area contributed by atoms with Crippen LogP contribution in [0.25, 0.3) is 0 Å². The summed E-state index contributed by atoms with van der Waals surface area (Å²) in [5, 5.41) is 0. The standard InChI is InChI=1S/C19H28O4/c1-18(12-4-6-14-16(8-12)22-14)9-19(2,10-18)23-17(20)11-3-5-13-15(7-11)21-13/h11-16H,3-10H2,1-2H3. The van der Waals surface area contributed by atoms with Gasteiger partial charge in [-0.2, -0.15) is 0 Å². The van der Waals surface area contributed by atoms with E-state index in [1.807, 2.05) is 0 Å². The van der Waals surface area contributed by atoms with Crippen LogP contribution in [-0.4, -0.2) is 36.0 Å². The Kier molecular flexibility index (Phi) is 3.02. The normalized spacial score (nSPS) is 56.8. The minimum atomic E-state index is -0.242. The average Bonchev–Trinajstić information content (AvgIpc) is 3.37. The van der Waals surface area contributed by atoms with Gasteiger partial charge in [0.2, 0.25) is 0 Å². The van der Waals surface area contributed by atoms with Crippen LogP contribution in [0, 0.1) is 17.3 Å². The molecular formula is C19H28O4. The lowest BCUT2D eigenvalue weighted by molar-refractivity contribution is -0.197. The molecule has 0 N–H and O–H groups in total. The molecule has 0 radical (unpaired) electrons. The highest BCUT2D eigenvalue weighted by molar-refractivity contribution is 5.73. The number of ether oxygens (including phenoxy) is 3. The summed E-state index contributed by atoms with van der Waals surface area (Å²) in [6.07, 6.45) is 10.5. The molecule has 3 saturated carbocycles. The number of epoxide rings is 2. The maximum Gasteiger partial charge on any atom is 0.309 e. The molecule has 0 spiro atoms. The van der Waals surface area contributed by atoms with Crippen molar-refractivity contribution < 1.29 is 19.0 Å². The Morgan fingerprint density at radius 2 is 1.57 bits per heavy atom. The second-order valence-electron chi connectivity index (χ2n) is 9.32. The van der Waals surface area contributed by atoms with Gasteiger partial charge in [-0.05, 0) is 69.6 Å². The summed E-state index contributed by atoms with van der Waals surface area (Å²) in [7, 11) is 0. The highest BCUT2D eigenvalue weighted by atomic mass is 16.6. The SMILES string of the molecule is CC1(OC(=O)C2CCC3OC3C2)CC(C)(C2CCC3OC3C2)C1. The van der Waals surface area contributed by atoms with Crippen LogP contribution in [0.4, 0.5) is 0 Å². The van der Waals surface area contributed by atoms with Crippen molar-refractivity contribution in [1.82, 2.24) is 0 Å². The van der Waals surface area contributed by atoms with Crippen LogP contribution in [-0.2, 0) is 19.0 Å². The number of hydrogen-bond acceptors (Lipinski definition) is 4. The van der Waals surface area contributed by atoms with Gasteiger partial charge in [0.15, 0.2) is 0 Å². The molecule has 5 rings (SSSR count). The fourth-order valence-electron chi connectivity index (χ4n) is 6.00. The maximum absolute atomic E-state index is 12.5. The van der Waals surface area contributed by atoms with Crippen molar-refractivity contribution in [3.63, 3.8) is 0 Å². The molecule has 0 aromatic heterocycles. The fraction of sp³-hybridized carbons (Fsp3) is 0.947. The van der Waals surface area contributed by atoms with Gasteiger partial charge in [0.05, 0.1) is 30.3 Å². The summed E-state index contributed by atoms with van der Waals surface area (Å²) >= 11 is 0. The van der Waals surface area contributed by atoms with Crippen molar-refractivity contribution >= 4 is 5.97 Å². The molecule has 0 amide bonds. The smallest absolute Gasteiger partial charge is 0.309 e. The second kappa shape index (κ2) is 4.72. The highest BCUT2D eigenvalue weighted by Gasteiger charge is 2.58. The van der Waals surface area contributed by atoms with E-state index < -0.39 is 0 Å². The summed E-state index contributed by atoms with van der Waals surface area (Å²) in [5.41, 5.74) is 0.0948. The van der Waals surface area contributed by atoms with E-state index >= 15 is 0 Å². The maximum atomic E-state index is 12.5.